The maximum Gasteiger partial charge on any atom is 0.225 e. The number of hydrogen-bond acceptors (Lipinski definition) is 12. The Labute approximate surface area is 219 Å². The van der Waals surface area contributed by atoms with Crippen molar-refractivity contribution >= 4 is 31.9 Å². The lowest BCUT2D eigenvalue weighted by Crippen LogP contribution is -2.51. The maximum absolute atomic E-state index is 12.8. The first kappa shape index (κ1) is 29.9. The molecule has 4 heterocycles. The number of halogens is 2. The van der Waals surface area contributed by atoms with Gasteiger partial charge in [-0.3, -0.25) is 0 Å². The quantitative estimate of drug-likeness (QED) is 0.423. The van der Waals surface area contributed by atoms with Gasteiger partial charge in [-0.2, -0.15) is 0 Å². The first-order chi connectivity index (χ1) is 17.8. The lowest BCUT2D eigenvalue weighted by molar-refractivity contribution is 0.0897. The molecule has 2 aromatic rings. The lowest BCUT2D eigenvalue weighted by atomic mass is 10.1. The molecule has 0 amide bonds. The summed E-state index contributed by atoms with van der Waals surface area (Å²) in [4.78, 5) is 18.6. The number of rotatable bonds is 6. The van der Waals surface area contributed by atoms with E-state index in [4.69, 9.17) is 19.8 Å². The van der Waals surface area contributed by atoms with Gasteiger partial charge in [0.25, 0.3) is 0 Å². The Morgan fingerprint density at radius 2 is 1.03 bits per heavy atom. The third kappa shape index (κ3) is 8.18. The Morgan fingerprint density at radius 3 is 1.29 bits per heavy atom. The second-order valence-electron chi connectivity index (χ2n) is 8.82. The number of ether oxygens (including phenoxy) is 2. The number of hydrogen-bond donors (Lipinski definition) is 2. The molecular formula is C20H30F2N8O6S2. The molecule has 212 valence electrons. The normalized spacial score (nSPS) is 24.5. The molecule has 18 heteroatoms. The van der Waals surface area contributed by atoms with Crippen LogP contribution in [0, 0.1) is 11.6 Å². The standard InChI is InChI=1S/2C10H15FN4O3S/c2*1-18-8-2-9(19(12,16)17)6-15(5-8)10-13-3-7(11)4-14-10/h2*3-4,8-9H,2,5-6H2,1H3,(H2,12,16,17)/t8-,9?;8-,9-/m10/s1. The van der Waals surface area contributed by atoms with Crippen molar-refractivity contribution in [1.82, 2.24) is 19.9 Å². The SMILES string of the molecule is CO[C@@H]1CC(S(N)(=O)=O)CN(c2ncc(F)cn2)C1.CO[C@H]1C[C@H](S(N)(=O)=O)CN(c2ncc(F)cn2)C1. The fraction of sp³-hybridized carbons (Fsp3) is 0.600. The lowest BCUT2D eigenvalue weighted by Gasteiger charge is -2.35. The molecule has 2 saturated heterocycles. The number of sulfonamides is 2. The third-order valence-corrected chi connectivity index (χ3v) is 8.66. The van der Waals surface area contributed by atoms with E-state index in [9.17, 15) is 25.6 Å². The van der Waals surface area contributed by atoms with Crippen LogP contribution in [0.4, 0.5) is 20.7 Å². The van der Waals surface area contributed by atoms with Crippen LogP contribution >= 0.6 is 0 Å². The molecule has 0 radical (unpaired) electrons. The number of methoxy groups -OCH3 is 2. The second-order valence-corrected chi connectivity index (χ2v) is 12.5. The molecule has 1 unspecified atom stereocenters. The Morgan fingerprint density at radius 1 is 0.711 bits per heavy atom. The number of primary sulfonamides is 2. The predicted octanol–water partition coefficient (Wildman–Crippen LogP) is -1.00. The highest BCUT2D eigenvalue weighted by molar-refractivity contribution is 7.90. The van der Waals surface area contributed by atoms with Gasteiger partial charge in [-0.05, 0) is 12.8 Å². The van der Waals surface area contributed by atoms with E-state index in [0.29, 0.717) is 25.9 Å². The van der Waals surface area contributed by atoms with Crippen LogP contribution in [0.15, 0.2) is 24.8 Å². The second kappa shape index (κ2) is 12.5. The van der Waals surface area contributed by atoms with Gasteiger partial charge < -0.3 is 19.3 Å². The Kier molecular flexibility index (Phi) is 9.82. The van der Waals surface area contributed by atoms with Crippen molar-refractivity contribution in [3.8, 4) is 0 Å². The zero-order chi connectivity index (χ0) is 28.1. The minimum atomic E-state index is -3.67. The monoisotopic (exact) mass is 580 g/mol. The van der Waals surface area contributed by atoms with Gasteiger partial charge in [-0.15, -0.1) is 0 Å². The molecule has 0 spiro atoms. The molecule has 0 saturated carbocycles. The van der Waals surface area contributed by atoms with E-state index in [2.05, 4.69) is 19.9 Å². The van der Waals surface area contributed by atoms with Crippen molar-refractivity contribution in [2.45, 2.75) is 35.5 Å². The van der Waals surface area contributed by atoms with E-state index in [-0.39, 0.29) is 37.2 Å². The van der Waals surface area contributed by atoms with Crippen LogP contribution in [-0.4, -0.2) is 99.9 Å². The van der Waals surface area contributed by atoms with Gasteiger partial charge in [-0.1, -0.05) is 0 Å². The van der Waals surface area contributed by atoms with Crippen molar-refractivity contribution in [3.05, 3.63) is 36.4 Å². The van der Waals surface area contributed by atoms with Gasteiger partial charge in [0.1, 0.15) is 0 Å². The van der Waals surface area contributed by atoms with E-state index < -0.39 is 42.2 Å². The molecular weight excluding hydrogens is 550 g/mol. The highest BCUT2D eigenvalue weighted by Gasteiger charge is 2.36. The van der Waals surface area contributed by atoms with Gasteiger partial charge in [-0.25, -0.2) is 55.8 Å². The smallest absolute Gasteiger partial charge is 0.225 e. The summed E-state index contributed by atoms with van der Waals surface area (Å²) in [5.74, 6) is -0.576. The summed E-state index contributed by atoms with van der Waals surface area (Å²) < 4.78 is 81.9. The summed E-state index contributed by atoms with van der Waals surface area (Å²) in [5, 5.41) is 8.86. The van der Waals surface area contributed by atoms with E-state index in [1.54, 1.807) is 9.80 Å². The Balaban J connectivity index is 0.000000211. The molecule has 0 aromatic carbocycles. The Hall–Kier alpha value is -2.64. The van der Waals surface area contributed by atoms with Crippen LogP contribution in [0.5, 0.6) is 0 Å². The van der Waals surface area contributed by atoms with E-state index >= 15 is 0 Å². The number of nitrogens with two attached hydrogens (primary N) is 2. The summed E-state index contributed by atoms with van der Waals surface area (Å²) >= 11 is 0. The molecule has 0 aliphatic carbocycles. The van der Waals surface area contributed by atoms with Gasteiger partial charge in [0, 0.05) is 40.4 Å². The average molecular weight is 581 g/mol. The molecule has 4 N–H and O–H groups in total. The molecule has 38 heavy (non-hydrogen) atoms. The van der Waals surface area contributed by atoms with Gasteiger partial charge in [0.05, 0.1) is 47.5 Å². The first-order valence-electron chi connectivity index (χ1n) is 11.3. The molecule has 2 aromatic heterocycles. The largest absolute Gasteiger partial charge is 0.380 e. The summed E-state index contributed by atoms with van der Waals surface area (Å²) in [6.07, 6.45) is 4.21. The topological polar surface area (TPSA) is 197 Å². The van der Waals surface area contributed by atoms with E-state index in [1.165, 1.54) is 14.2 Å². The number of aromatic nitrogens is 4. The molecule has 2 aliphatic heterocycles. The summed E-state index contributed by atoms with van der Waals surface area (Å²) in [6, 6.07) is 0. The van der Waals surface area contributed by atoms with Gasteiger partial charge in [0.15, 0.2) is 11.6 Å². The minimum Gasteiger partial charge on any atom is -0.380 e. The van der Waals surface area contributed by atoms with E-state index in [0.717, 1.165) is 24.8 Å². The minimum absolute atomic E-state index is 0.171. The van der Waals surface area contributed by atoms with Crippen LogP contribution in [0.25, 0.3) is 0 Å². The average Bonchev–Trinajstić information content (AvgIpc) is 2.88. The van der Waals surface area contributed by atoms with Crippen LogP contribution in [0.3, 0.4) is 0 Å². The fourth-order valence-electron chi connectivity index (χ4n) is 4.10. The van der Waals surface area contributed by atoms with Crippen LogP contribution in [-0.2, 0) is 29.5 Å². The van der Waals surface area contributed by atoms with E-state index in [1.807, 2.05) is 0 Å². The molecule has 2 aliphatic rings. The molecule has 2 fully saturated rings. The molecule has 0 bridgehead atoms. The number of nitrogens with zero attached hydrogens (tertiary/aromatic N) is 6. The Bertz CT molecular complexity index is 1170. The van der Waals surface area contributed by atoms with Crippen LogP contribution < -0.4 is 20.1 Å². The van der Waals surface area contributed by atoms with Gasteiger partial charge in [0.2, 0.25) is 31.9 Å². The van der Waals surface area contributed by atoms with Crippen molar-refractivity contribution in [3.63, 3.8) is 0 Å². The number of anilines is 2. The maximum atomic E-state index is 12.8. The van der Waals surface area contributed by atoms with Crippen LogP contribution in [0.2, 0.25) is 0 Å². The summed E-state index contributed by atoms with van der Waals surface area (Å²) in [5.41, 5.74) is 0. The molecule has 4 atom stereocenters. The van der Waals surface area contributed by atoms with Crippen molar-refractivity contribution in [2.24, 2.45) is 10.3 Å². The predicted molar refractivity (Wildman–Crippen MR) is 133 cm³/mol. The van der Waals surface area contributed by atoms with Crippen molar-refractivity contribution in [2.75, 3.05) is 50.2 Å². The highest BCUT2D eigenvalue weighted by Crippen LogP contribution is 2.22. The zero-order valence-electron chi connectivity index (χ0n) is 20.7. The molecule has 4 rings (SSSR count). The summed E-state index contributed by atoms with van der Waals surface area (Å²) in [7, 11) is -4.34. The zero-order valence-corrected chi connectivity index (χ0v) is 22.4. The van der Waals surface area contributed by atoms with Crippen molar-refractivity contribution in [1.29, 1.82) is 0 Å². The van der Waals surface area contributed by atoms with Crippen LogP contribution in [0.1, 0.15) is 12.8 Å². The molecule has 14 nitrogen and oxygen atoms in total. The highest BCUT2D eigenvalue weighted by atomic mass is 32.2. The fourth-order valence-corrected chi connectivity index (χ4v) is 5.84. The summed E-state index contributed by atoms with van der Waals surface area (Å²) in [6.45, 7) is 1.22. The van der Waals surface area contributed by atoms with Gasteiger partial charge >= 0.3 is 0 Å². The third-order valence-electron chi connectivity index (χ3n) is 6.12. The first-order valence-corrected chi connectivity index (χ1v) is 14.6. The van der Waals surface area contributed by atoms with Crippen molar-refractivity contribution < 1.29 is 35.1 Å². The number of piperidine rings is 2.